The molecule has 0 nitrogen and oxygen atoms in total. The van der Waals surface area contributed by atoms with Crippen molar-refractivity contribution in [1.29, 1.82) is 0 Å². The molecule has 3 rings (SSSR count). The monoisotopic (exact) mass is 338 g/mol. The second kappa shape index (κ2) is 7.01. The number of hydrogen-bond donors (Lipinski definition) is 0. The zero-order valence-electron chi connectivity index (χ0n) is 16.2. The molecule has 0 radical (unpaired) electrons. The molecule has 0 saturated heterocycles. The Balaban J connectivity index is 2.23. The average molecular weight is 338 g/mol. The van der Waals surface area contributed by atoms with Crippen molar-refractivity contribution in [3.05, 3.63) is 57.6 Å². The minimum absolute atomic E-state index is 0.260. The summed E-state index contributed by atoms with van der Waals surface area (Å²) >= 11 is 0. The lowest BCUT2D eigenvalue weighted by atomic mass is 10.1. The summed E-state index contributed by atoms with van der Waals surface area (Å²) in [5, 5.41) is 3.33. The van der Waals surface area contributed by atoms with Crippen LogP contribution in [-0.4, -0.2) is 5.66 Å². The van der Waals surface area contributed by atoms with Gasteiger partial charge >= 0.3 is 0 Å². The molecular weight excluding hydrogens is 307 g/mol. The largest absolute Gasteiger partial charge is 0.0557 e. The predicted octanol–water partition coefficient (Wildman–Crippen LogP) is 5.91. The van der Waals surface area contributed by atoms with E-state index in [1.165, 1.54) is 59.1 Å². The van der Waals surface area contributed by atoms with Crippen LogP contribution in [0, 0.1) is 41.5 Å². The van der Waals surface area contributed by atoms with E-state index >= 15 is 0 Å². The quantitative estimate of drug-likeness (QED) is 0.610. The minimum atomic E-state index is -0.260. The Morgan fingerprint density at radius 2 is 0.958 bits per heavy atom. The van der Waals surface area contributed by atoms with Gasteiger partial charge in [0.2, 0.25) is 0 Å². The smallest absolute Gasteiger partial charge is 0.0128 e. The molecule has 1 saturated carbocycles. The first-order chi connectivity index (χ1) is 11.4. The van der Waals surface area contributed by atoms with E-state index in [4.69, 9.17) is 0 Å². The first-order valence-electron chi connectivity index (χ1n) is 9.33. The van der Waals surface area contributed by atoms with Crippen LogP contribution in [0.2, 0.25) is 0 Å². The van der Waals surface area contributed by atoms with Crippen molar-refractivity contribution in [3.8, 4) is 0 Å². The van der Waals surface area contributed by atoms with E-state index in [1.54, 1.807) is 10.6 Å². The van der Waals surface area contributed by atoms with E-state index in [0.29, 0.717) is 0 Å². The molecule has 2 aromatic carbocycles. The highest BCUT2D eigenvalue weighted by molar-refractivity contribution is 7.74. The van der Waals surface area contributed by atoms with E-state index in [0.717, 1.165) is 5.66 Å². The van der Waals surface area contributed by atoms with Gasteiger partial charge in [0.05, 0.1) is 0 Å². The molecule has 0 aliphatic heterocycles. The maximum atomic E-state index is 2.39. The van der Waals surface area contributed by atoms with Gasteiger partial charge in [-0.05, 0) is 101 Å². The molecule has 0 spiro atoms. The predicted molar refractivity (Wildman–Crippen MR) is 110 cm³/mol. The summed E-state index contributed by atoms with van der Waals surface area (Å²) in [6.45, 7) is 13.8. The number of rotatable bonds is 3. The first kappa shape index (κ1) is 17.7. The lowest BCUT2D eigenvalue weighted by Crippen LogP contribution is -2.27. The van der Waals surface area contributed by atoms with Gasteiger partial charge in [-0.3, -0.25) is 0 Å². The van der Waals surface area contributed by atoms with E-state index < -0.39 is 0 Å². The van der Waals surface area contributed by atoms with Crippen molar-refractivity contribution in [1.82, 2.24) is 0 Å². The highest BCUT2D eigenvalue weighted by Gasteiger charge is 2.31. The third kappa shape index (κ3) is 3.31. The van der Waals surface area contributed by atoms with Gasteiger partial charge in [0.15, 0.2) is 0 Å². The zero-order valence-corrected chi connectivity index (χ0v) is 17.1. The zero-order chi connectivity index (χ0) is 17.4. The number of hydrogen-bond acceptors (Lipinski definition) is 0. The average Bonchev–Trinajstić information content (AvgIpc) is 2.97. The summed E-state index contributed by atoms with van der Waals surface area (Å²) in [7, 11) is -0.260. The summed E-state index contributed by atoms with van der Waals surface area (Å²) in [5.74, 6) is 0. The van der Waals surface area contributed by atoms with Crippen LogP contribution in [0.15, 0.2) is 24.3 Å². The lowest BCUT2D eigenvalue weighted by molar-refractivity contribution is 0.886. The second-order valence-electron chi connectivity index (χ2n) is 7.80. The molecule has 24 heavy (non-hydrogen) atoms. The van der Waals surface area contributed by atoms with Crippen molar-refractivity contribution >= 4 is 18.5 Å². The van der Waals surface area contributed by atoms with E-state index in [-0.39, 0.29) is 7.92 Å². The highest BCUT2D eigenvalue weighted by atomic mass is 31.1. The summed E-state index contributed by atoms with van der Waals surface area (Å²) in [6, 6.07) is 9.58. The summed E-state index contributed by atoms with van der Waals surface area (Å²) in [5.41, 5.74) is 9.67. The van der Waals surface area contributed by atoms with Crippen LogP contribution >= 0.6 is 7.92 Å². The van der Waals surface area contributed by atoms with E-state index in [9.17, 15) is 0 Å². The lowest BCUT2D eigenvalue weighted by Gasteiger charge is -2.31. The summed E-state index contributed by atoms with van der Waals surface area (Å²) < 4.78 is 0. The van der Waals surface area contributed by atoms with Crippen molar-refractivity contribution in [3.63, 3.8) is 0 Å². The van der Waals surface area contributed by atoms with E-state index in [1.807, 2.05) is 0 Å². The van der Waals surface area contributed by atoms with Crippen molar-refractivity contribution in [2.24, 2.45) is 0 Å². The SMILES string of the molecule is Cc1cc(C)c(P(c2c(C)cc(C)cc2C)C2CCCC2)c(C)c1. The van der Waals surface area contributed by atoms with Gasteiger partial charge in [-0.25, -0.2) is 0 Å². The van der Waals surface area contributed by atoms with Crippen LogP contribution in [-0.2, 0) is 0 Å². The van der Waals surface area contributed by atoms with Gasteiger partial charge in [-0.15, -0.1) is 0 Å². The van der Waals surface area contributed by atoms with Crippen LogP contribution in [0.5, 0.6) is 0 Å². The Kier molecular flexibility index (Phi) is 5.16. The van der Waals surface area contributed by atoms with Crippen LogP contribution in [0.25, 0.3) is 0 Å². The molecule has 1 aliphatic carbocycles. The molecule has 0 amide bonds. The third-order valence-electron chi connectivity index (χ3n) is 5.44. The maximum Gasteiger partial charge on any atom is -0.0128 e. The van der Waals surface area contributed by atoms with Crippen molar-refractivity contribution in [2.45, 2.75) is 72.9 Å². The fraction of sp³-hybridized carbons (Fsp3) is 0.478. The topological polar surface area (TPSA) is 0 Å². The Morgan fingerprint density at radius 3 is 1.29 bits per heavy atom. The third-order valence-corrected chi connectivity index (χ3v) is 9.06. The molecule has 1 fully saturated rings. The van der Waals surface area contributed by atoms with Crippen LogP contribution < -0.4 is 10.6 Å². The minimum Gasteiger partial charge on any atom is -0.0557 e. The number of benzene rings is 2. The van der Waals surface area contributed by atoms with Crippen LogP contribution in [0.1, 0.15) is 59.1 Å². The molecule has 2 aromatic rings. The Bertz CT molecular complexity index is 647. The molecule has 0 bridgehead atoms. The molecule has 0 N–H and O–H groups in total. The van der Waals surface area contributed by atoms with Gasteiger partial charge in [-0.2, -0.15) is 0 Å². The molecule has 1 aliphatic rings. The summed E-state index contributed by atoms with van der Waals surface area (Å²) in [6.07, 6.45) is 5.64. The van der Waals surface area contributed by atoms with Gasteiger partial charge in [0, 0.05) is 0 Å². The molecule has 128 valence electrons. The van der Waals surface area contributed by atoms with Crippen molar-refractivity contribution < 1.29 is 0 Å². The molecule has 0 aromatic heterocycles. The normalized spacial score (nSPS) is 15.5. The number of aryl methyl sites for hydroxylation is 6. The molecule has 0 unspecified atom stereocenters. The Hall–Kier alpha value is -1.13. The standard InChI is InChI=1S/C23H31P/c1-15-11-17(3)22(18(4)12-15)24(21-9-7-8-10-21)23-19(5)13-16(2)14-20(23)6/h11-14,21H,7-10H2,1-6H3. The maximum absolute atomic E-state index is 2.39. The van der Waals surface area contributed by atoms with Gasteiger partial charge in [0.25, 0.3) is 0 Å². The highest BCUT2D eigenvalue weighted by Crippen LogP contribution is 2.50. The Morgan fingerprint density at radius 1 is 0.625 bits per heavy atom. The molecular formula is C23H31P. The van der Waals surface area contributed by atoms with Crippen LogP contribution in [0.4, 0.5) is 0 Å². The fourth-order valence-electron chi connectivity index (χ4n) is 4.74. The van der Waals surface area contributed by atoms with Gasteiger partial charge < -0.3 is 0 Å². The molecule has 0 heterocycles. The van der Waals surface area contributed by atoms with Crippen molar-refractivity contribution in [2.75, 3.05) is 0 Å². The molecule has 0 atom stereocenters. The van der Waals surface area contributed by atoms with Gasteiger partial charge in [0.1, 0.15) is 0 Å². The summed E-state index contributed by atoms with van der Waals surface area (Å²) in [4.78, 5) is 0. The van der Waals surface area contributed by atoms with E-state index in [2.05, 4.69) is 65.8 Å². The van der Waals surface area contributed by atoms with Crippen LogP contribution in [0.3, 0.4) is 0 Å². The first-order valence-corrected chi connectivity index (χ1v) is 10.7. The Labute approximate surface area is 149 Å². The second-order valence-corrected chi connectivity index (χ2v) is 10.2. The molecule has 1 heteroatoms. The van der Waals surface area contributed by atoms with Gasteiger partial charge in [-0.1, -0.05) is 48.2 Å². The fourth-order valence-corrected chi connectivity index (χ4v) is 8.36.